The van der Waals surface area contributed by atoms with Crippen LogP contribution in [-0.2, 0) is 16.0 Å². The highest BCUT2D eigenvalue weighted by molar-refractivity contribution is 5.84. The van der Waals surface area contributed by atoms with Gasteiger partial charge in [0.25, 0.3) is 0 Å². The van der Waals surface area contributed by atoms with Crippen molar-refractivity contribution in [2.24, 2.45) is 23.2 Å². The highest BCUT2D eigenvalue weighted by Crippen LogP contribution is 2.61. The van der Waals surface area contributed by atoms with Crippen molar-refractivity contribution in [1.29, 1.82) is 0 Å². The number of hydrogen-bond acceptors (Lipinski definition) is 3. The molecule has 0 unspecified atom stereocenters. The number of hydrogen-bond donors (Lipinski definition) is 2. The Labute approximate surface area is 161 Å². The number of ether oxygens (including phenoxy) is 1. The van der Waals surface area contributed by atoms with Crippen molar-refractivity contribution in [2.45, 2.75) is 58.3 Å². The van der Waals surface area contributed by atoms with Gasteiger partial charge in [-0.1, -0.05) is 17.7 Å². The van der Waals surface area contributed by atoms with E-state index in [2.05, 4.69) is 10.9 Å². The number of aryl methyl sites for hydroxylation is 1. The fourth-order valence-corrected chi connectivity index (χ4v) is 6.29. The summed E-state index contributed by atoms with van der Waals surface area (Å²) in [5.41, 5.74) is 7.32. The third-order valence-corrected chi connectivity index (χ3v) is 6.83. The second-order valence-corrected chi connectivity index (χ2v) is 9.18. The minimum absolute atomic E-state index is 0.0542. The van der Waals surface area contributed by atoms with Crippen molar-refractivity contribution in [2.75, 3.05) is 7.11 Å². The first-order valence-electron chi connectivity index (χ1n) is 10.2. The van der Waals surface area contributed by atoms with Crippen molar-refractivity contribution in [3.63, 3.8) is 0 Å². The van der Waals surface area contributed by atoms with Crippen LogP contribution >= 0.6 is 0 Å². The molecule has 5 rings (SSSR count). The number of rotatable bonds is 5. The third-order valence-electron chi connectivity index (χ3n) is 6.83. The van der Waals surface area contributed by atoms with Crippen molar-refractivity contribution in [1.82, 2.24) is 10.9 Å². The van der Waals surface area contributed by atoms with Gasteiger partial charge in [-0.15, -0.1) is 0 Å². The number of hydrazine groups is 1. The Hall–Kier alpha value is -2.04. The van der Waals surface area contributed by atoms with Gasteiger partial charge in [-0.3, -0.25) is 20.4 Å². The zero-order valence-corrected chi connectivity index (χ0v) is 16.3. The van der Waals surface area contributed by atoms with Gasteiger partial charge in [-0.05, 0) is 74.7 Å². The van der Waals surface area contributed by atoms with E-state index >= 15 is 0 Å². The lowest BCUT2D eigenvalue weighted by Crippen LogP contribution is -2.50. The van der Waals surface area contributed by atoms with Gasteiger partial charge in [0.05, 0.1) is 13.5 Å². The molecule has 5 nitrogen and oxygen atoms in total. The predicted molar refractivity (Wildman–Crippen MR) is 103 cm³/mol. The molecule has 0 atom stereocenters. The molecule has 146 valence electrons. The Bertz CT molecular complexity index is 708. The van der Waals surface area contributed by atoms with E-state index < -0.39 is 0 Å². The van der Waals surface area contributed by atoms with Gasteiger partial charge in [-0.25, -0.2) is 0 Å². The van der Waals surface area contributed by atoms with E-state index in [1.54, 1.807) is 7.11 Å². The molecule has 0 aromatic heterocycles. The number of carbonyl (C=O) groups excluding carboxylic acids is 2. The summed E-state index contributed by atoms with van der Waals surface area (Å²) in [5, 5.41) is 0. The summed E-state index contributed by atoms with van der Waals surface area (Å²) >= 11 is 0. The van der Waals surface area contributed by atoms with Crippen LogP contribution in [0, 0.1) is 30.1 Å². The van der Waals surface area contributed by atoms with Crippen LogP contribution in [0.15, 0.2) is 18.2 Å². The molecule has 5 heteroatoms. The Morgan fingerprint density at radius 3 is 2.22 bits per heavy atom. The maximum absolute atomic E-state index is 12.5. The number of amides is 2. The van der Waals surface area contributed by atoms with Crippen LogP contribution in [0.5, 0.6) is 5.75 Å². The summed E-state index contributed by atoms with van der Waals surface area (Å²) in [6.07, 6.45) is 8.43. The van der Waals surface area contributed by atoms with Crippen LogP contribution in [-0.4, -0.2) is 18.9 Å². The molecule has 27 heavy (non-hydrogen) atoms. The van der Waals surface area contributed by atoms with Crippen LogP contribution in [0.4, 0.5) is 0 Å². The molecule has 4 fully saturated rings. The number of benzene rings is 1. The average Bonchev–Trinajstić information content (AvgIpc) is 2.58. The summed E-state index contributed by atoms with van der Waals surface area (Å²) < 4.78 is 5.32. The quantitative estimate of drug-likeness (QED) is 0.782. The largest absolute Gasteiger partial charge is 0.496 e. The minimum atomic E-state index is -0.224. The monoisotopic (exact) mass is 370 g/mol. The molecule has 0 heterocycles. The average molecular weight is 370 g/mol. The maximum atomic E-state index is 12.5. The smallest absolute Gasteiger partial charge is 0.242 e. The SMILES string of the molecule is COc1ccc(C)cc1CC(=O)NNC(=O)CC12CC3CC(CC(C3)C1)C2. The van der Waals surface area contributed by atoms with E-state index in [9.17, 15) is 9.59 Å². The van der Waals surface area contributed by atoms with Crippen molar-refractivity contribution in [3.8, 4) is 5.75 Å². The standard InChI is InChI=1S/C22H30N2O3/c1-14-3-4-19(27-2)18(5-14)9-20(25)23-24-21(26)13-22-10-15-6-16(11-22)8-17(7-15)12-22/h3-5,15-17H,6-13H2,1-2H3,(H,23,25)(H,24,26). The van der Waals surface area contributed by atoms with Gasteiger partial charge in [0.2, 0.25) is 11.8 Å². The molecule has 2 amide bonds. The number of carbonyl (C=O) groups is 2. The lowest BCUT2D eigenvalue weighted by molar-refractivity contribution is -0.134. The predicted octanol–water partition coefficient (Wildman–Crippen LogP) is 3.30. The first-order chi connectivity index (χ1) is 12.9. The molecule has 0 radical (unpaired) electrons. The van der Waals surface area contributed by atoms with Gasteiger partial charge in [0.1, 0.15) is 5.75 Å². The molecule has 4 aliphatic carbocycles. The third kappa shape index (κ3) is 3.97. The van der Waals surface area contributed by atoms with Gasteiger partial charge >= 0.3 is 0 Å². The number of methoxy groups -OCH3 is 1. The van der Waals surface area contributed by atoms with Gasteiger partial charge < -0.3 is 4.74 Å². The van der Waals surface area contributed by atoms with Crippen LogP contribution in [0.3, 0.4) is 0 Å². The molecule has 0 saturated heterocycles. The van der Waals surface area contributed by atoms with Gasteiger partial charge in [-0.2, -0.15) is 0 Å². The molecule has 1 aromatic carbocycles. The first-order valence-corrected chi connectivity index (χ1v) is 10.2. The van der Waals surface area contributed by atoms with Crippen LogP contribution in [0.1, 0.15) is 56.1 Å². The van der Waals surface area contributed by atoms with Crippen LogP contribution < -0.4 is 15.6 Å². The molecule has 4 bridgehead atoms. The normalized spacial score (nSPS) is 30.8. The van der Waals surface area contributed by atoms with Crippen molar-refractivity contribution in [3.05, 3.63) is 29.3 Å². The summed E-state index contributed by atoms with van der Waals surface area (Å²) in [4.78, 5) is 24.8. The molecule has 4 aliphatic rings. The Morgan fingerprint density at radius 1 is 1.04 bits per heavy atom. The molecular weight excluding hydrogens is 340 g/mol. The molecular formula is C22H30N2O3. The second-order valence-electron chi connectivity index (χ2n) is 9.18. The maximum Gasteiger partial charge on any atom is 0.242 e. The van der Waals surface area contributed by atoms with E-state index in [4.69, 9.17) is 4.74 Å². The van der Waals surface area contributed by atoms with E-state index in [0.717, 1.165) is 28.9 Å². The highest BCUT2D eigenvalue weighted by Gasteiger charge is 2.51. The molecule has 4 saturated carbocycles. The number of nitrogens with one attached hydrogen (secondary N) is 2. The van der Waals surface area contributed by atoms with E-state index in [0.29, 0.717) is 12.2 Å². The van der Waals surface area contributed by atoms with E-state index in [-0.39, 0.29) is 23.7 Å². The van der Waals surface area contributed by atoms with Gasteiger partial charge in [0.15, 0.2) is 0 Å². The fraction of sp³-hybridized carbons (Fsp3) is 0.636. The zero-order chi connectivity index (χ0) is 19.0. The van der Waals surface area contributed by atoms with E-state index in [1.165, 1.54) is 38.5 Å². The zero-order valence-electron chi connectivity index (χ0n) is 16.3. The fourth-order valence-electron chi connectivity index (χ4n) is 6.29. The lowest BCUT2D eigenvalue weighted by atomic mass is 9.49. The van der Waals surface area contributed by atoms with E-state index in [1.807, 2.05) is 25.1 Å². The molecule has 1 aromatic rings. The van der Waals surface area contributed by atoms with Crippen molar-refractivity contribution < 1.29 is 14.3 Å². The summed E-state index contributed by atoms with van der Waals surface area (Å²) in [7, 11) is 1.60. The molecule has 0 aliphatic heterocycles. The topological polar surface area (TPSA) is 67.4 Å². The summed E-state index contributed by atoms with van der Waals surface area (Å²) in [6.45, 7) is 1.98. The summed E-state index contributed by atoms with van der Waals surface area (Å²) in [5.74, 6) is 2.89. The Morgan fingerprint density at radius 2 is 1.63 bits per heavy atom. The molecule has 0 spiro atoms. The minimum Gasteiger partial charge on any atom is -0.496 e. The summed E-state index contributed by atoms with van der Waals surface area (Å²) in [6, 6.07) is 5.76. The van der Waals surface area contributed by atoms with Crippen LogP contribution in [0.2, 0.25) is 0 Å². The highest BCUT2D eigenvalue weighted by atomic mass is 16.5. The van der Waals surface area contributed by atoms with Crippen LogP contribution in [0.25, 0.3) is 0 Å². The molecule has 2 N–H and O–H groups in total. The van der Waals surface area contributed by atoms with Crippen molar-refractivity contribution >= 4 is 11.8 Å². The lowest BCUT2D eigenvalue weighted by Gasteiger charge is -2.56. The van der Waals surface area contributed by atoms with Gasteiger partial charge in [0, 0.05) is 12.0 Å². The second kappa shape index (κ2) is 7.17. The Kier molecular flexibility index (Phi) is 4.87. The first kappa shape index (κ1) is 18.3. The Balaban J connectivity index is 1.29.